The van der Waals surface area contributed by atoms with Crippen LogP contribution in [0.25, 0.3) is 10.2 Å². The molecule has 2 aromatic carbocycles. The standard InChI is InChI=1S/C20H22N4O5S.ClH/c1-22(2)8-9-23(19(25)13-6-5-7-14(10-13)24(26)27)20-21-15-11-16(28-3)17(29-4)12-18(15)30-20;/h5-7,10-12H,8-9H2,1-4H3;1H. The summed E-state index contributed by atoms with van der Waals surface area (Å²) in [6.45, 7) is 0.978. The zero-order valence-electron chi connectivity index (χ0n) is 17.5. The number of non-ortho nitro benzene ring substituents is 1. The molecule has 0 saturated heterocycles. The van der Waals surface area contributed by atoms with Crippen LogP contribution in [0.15, 0.2) is 36.4 Å². The summed E-state index contributed by atoms with van der Waals surface area (Å²) >= 11 is 1.35. The average molecular weight is 467 g/mol. The number of nitrogens with zero attached hydrogens (tertiary/aromatic N) is 4. The van der Waals surface area contributed by atoms with Crippen molar-refractivity contribution >= 4 is 50.7 Å². The van der Waals surface area contributed by atoms with Crippen molar-refractivity contribution in [3.63, 3.8) is 0 Å². The van der Waals surface area contributed by atoms with Crippen molar-refractivity contribution in [2.24, 2.45) is 0 Å². The molecule has 3 aromatic rings. The van der Waals surface area contributed by atoms with Gasteiger partial charge in [-0.05, 0) is 20.2 Å². The summed E-state index contributed by atoms with van der Waals surface area (Å²) in [7, 11) is 6.92. The molecule has 0 radical (unpaired) electrons. The normalized spacial score (nSPS) is 10.6. The van der Waals surface area contributed by atoms with E-state index in [4.69, 9.17) is 9.47 Å². The molecule has 3 rings (SSSR count). The monoisotopic (exact) mass is 466 g/mol. The number of amides is 1. The molecule has 9 nitrogen and oxygen atoms in total. The van der Waals surface area contributed by atoms with Crippen LogP contribution in [-0.2, 0) is 0 Å². The lowest BCUT2D eigenvalue weighted by Gasteiger charge is -2.22. The lowest BCUT2D eigenvalue weighted by Crippen LogP contribution is -2.36. The van der Waals surface area contributed by atoms with E-state index in [0.29, 0.717) is 35.2 Å². The van der Waals surface area contributed by atoms with Crippen molar-refractivity contribution < 1.29 is 19.2 Å². The third-order valence-corrected chi connectivity index (χ3v) is 5.47. The van der Waals surface area contributed by atoms with E-state index >= 15 is 0 Å². The fourth-order valence-electron chi connectivity index (χ4n) is 2.85. The number of anilines is 1. The van der Waals surface area contributed by atoms with Crippen molar-refractivity contribution in [3.8, 4) is 11.5 Å². The lowest BCUT2D eigenvalue weighted by molar-refractivity contribution is -0.384. The molecular weight excluding hydrogens is 444 g/mol. The minimum absolute atomic E-state index is 0. The van der Waals surface area contributed by atoms with Crippen LogP contribution in [0.5, 0.6) is 11.5 Å². The Balaban J connectivity index is 0.00000341. The minimum Gasteiger partial charge on any atom is -0.493 e. The van der Waals surface area contributed by atoms with E-state index in [0.717, 1.165) is 4.70 Å². The molecule has 0 aliphatic heterocycles. The van der Waals surface area contributed by atoms with Gasteiger partial charge in [0.2, 0.25) is 0 Å². The van der Waals surface area contributed by atoms with E-state index in [1.807, 2.05) is 25.1 Å². The molecule has 1 heterocycles. The molecule has 0 aliphatic rings. The number of likely N-dealkylation sites (N-methyl/N-ethyl adjacent to an activating group) is 1. The number of fused-ring (bicyclic) bond motifs is 1. The molecule has 166 valence electrons. The molecule has 0 bridgehead atoms. The maximum atomic E-state index is 13.3. The van der Waals surface area contributed by atoms with Crippen molar-refractivity contribution in [3.05, 3.63) is 52.1 Å². The summed E-state index contributed by atoms with van der Waals surface area (Å²) < 4.78 is 11.5. The summed E-state index contributed by atoms with van der Waals surface area (Å²) in [5, 5.41) is 11.6. The topological polar surface area (TPSA) is 98.0 Å². The van der Waals surface area contributed by atoms with Gasteiger partial charge < -0.3 is 14.4 Å². The van der Waals surface area contributed by atoms with E-state index in [2.05, 4.69) is 4.98 Å². The molecule has 0 atom stereocenters. The Hall–Kier alpha value is -2.95. The number of ether oxygens (including phenoxy) is 2. The maximum Gasteiger partial charge on any atom is 0.270 e. The zero-order chi connectivity index (χ0) is 21.8. The van der Waals surface area contributed by atoms with E-state index in [9.17, 15) is 14.9 Å². The second-order valence-electron chi connectivity index (χ2n) is 6.74. The van der Waals surface area contributed by atoms with Crippen molar-refractivity contribution in [2.75, 3.05) is 46.3 Å². The van der Waals surface area contributed by atoms with Crippen LogP contribution in [0, 0.1) is 10.1 Å². The number of carbonyl (C=O) groups excluding carboxylic acids is 1. The number of hydrogen-bond donors (Lipinski definition) is 0. The highest BCUT2D eigenvalue weighted by molar-refractivity contribution is 7.22. The summed E-state index contributed by atoms with van der Waals surface area (Å²) in [5.74, 6) is 0.773. The van der Waals surface area contributed by atoms with Crippen LogP contribution < -0.4 is 14.4 Å². The van der Waals surface area contributed by atoms with Crippen molar-refractivity contribution in [2.45, 2.75) is 0 Å². The highest BCUT2D eigenvalue weighted by Crippen LogP contribution is 2.37. The molecule has 11 heteroatoms. The number of rotatable bonds is 8. The number of carbonyl (C=O) groups is 1. The van der Waals surface area contributed by atoms with E-state index in [1.54, 1.807) is 31.3 Å². The van der Waals surface area contributed by atoms with Gasteiger partial charge in [0.05, 0.1) is 29.4 Å². The fourth-order valence-corrected chi connectivity index (χ4v) is 3.85. The van der Waals surface area contributed by atoms with Gasteiger partial charge in [0.15, 0.2) is 16.6 Å². The molecule has 1 amide bonds. The first-order valence-corrected chi connectivity index (χ1v) is 9.89. The van der Waals surface area contributed by atoms with Gasteiger partial charge in [0, 0.05) is 42.9 Å². The van der Waals surface area contributed by atoms with Crippen LogP contribution in [0.3, 0.4) is 0 Å². The van der Waals surface area contributed by atoms with Gasteiger partial charge in [-0.2, -0.15) is 0 Å². The quantitative estimate of drug-likeness (QED) is 0.367. The number of hydrogen-bond acceptors (Lipinski definition) is 8. The van der Waals surface area contributed by atoms with Crippen LogP contribution in [0.1, 0.15) is 10.4 Å². The number of halogens is 1. The van der Waals surface area contributed by atoms with Gasteiger partial charge in [0.1, 0.15) is 0 Å². The fraction of sp³-hybridized carbons (Fsp3) is 0.300. The Morgan fingerprint density at radius 2 is 1.81 bits per heavy atom. The Labute approximate surface area is 189 Å². The van der Waals surface area contributed by atoms with Gasteiger partial charge in [-0.1, -0.05) is 17.4 Å². The molecule has 31 heavy (non-hydrogen) atoms. The van der Waals surface area contributed by atoms with Gasteiger partial charge in [0.25, 0.3) is 11.6 Å². The second-order valence-corrected chi connectivity index (χ2v) is 7.75. The Morgan fingerprint density at radius 1 is 1.13 bits per heavy atom. The Morgan fingerprint density at radius 3 is 2.42 bits per heavy atom. The third kappa shape index (κ3) is 5.40. The molecule has 0 spiro atoms. The van der Waals surface area contributed by atoms with E-state index in [-0.39, 0.29) is 29.6 Å². The van der Waals surface area contributed by atoms with Crippen LogP contribution in [-0.4, -0.2) is 62.1 Å². The van der Waals surface area contributed by atoms with Crippen molar-refractivity contribution in [1.29, 1.82) is 0 Å². The number of aromatic nitrogens is 1. The number of methoxy groups -OCH3 is 2. The summed E-state index contributed by atoms with van der Waals surface area (Å²) in [5.41, 5.74) is 0.777. The summed E-state index contributed by atoms with van der Waals surface area (Å²) in [6.07, 6.45) is 0. The lowest BCUT2D eigenvalue weighted by atomic mass is 10.2. The SMILES string of the molecule is COc1cc2nc(N(CCN(C)C)C(=O)c3cccc([N+](=O)[O-])c3)sc2cc1OC.Cl. The molecule has 0 saturated carbocycles. The second kappa shape index (κ2) is 10.4. The Kier molecular flexibility index (Phi) is 8.14. The van der Waals surface area contributed by atoms with E-state index in [1.165, 1.54) is 29.5 Å². The summed E-state index contributed by atoms with van der Waals surface area (Å²) in [6, 6.07) is 9.29. The molecule has 0 fully saturated rings. The predicted molar refractivity (Wildman–Crippen MR) is 123 cm³/mol. The van der Waals surface area contributed by atoms with Gasteiger partial charge in [-0.3, -0.25) is 19.8 Å². The van der Waals surface area contributed by atoms with Gasteiger partial charge >= 0.3 is 0 Å². The van der Waals surface area contributed by atoms with Gasteiger partial charge in [-0.25, -0.2) is 4.98 Å². The first-order chi connectivity index (χ1) is 14.3. The molecule has 0 unspecified atom stereocenters. The average Bonchev–Trinajstić information content (AvgIpc) is 3.14. The predicted octanol–water partition coefficient (Wildman–Crippen LogP) is 3.85. The number of benzene rings is 2. The summed E-state index contributed by atoms with van der Waals surface area (Å²) in [4.78, 5) is 32.0. The third-order valence-electron chi connectivity index (χ3n) is 4.43. The molecular formula is C20H23ClN4O5S. The number of nitro groups is 1. The first kappa shape index (κ1) is 24.3. The van der Waals surface area contributed by atoms with Crippen LogP contribution in [0.4, 0.5) is 10.8 Å². The van der Waals surface area contributed by atoms with E-state index < -0.39 is 4.92 Å². The molecule has 0 N–H and O–H groups in total. The smallest absolute Gasteiger partial charge is 0.270 e. The first-order valence-electron chi connectivity index (χ1n) is 9.07. The Bertz CT molecular complexity index is 1050. The number of nitro benzene ring substituents is 1. The molecule has 1 aromatic heterocycles. The van der Waals surface area contributed by atoms with Crippen LogP contribution in [0.2, 0.25) is 0 Å². The maximum absolute atomic E-state index is 13.3. The number of thiazole rings is 1. The van der Waals surface area contributed by atoms with Crippen LogP contribution >= 0.6 is 23.7 Å². The van der Waals surface area contributed by atoms with Gasteiger partial charge in [-0.15, -0.1) is 12.4 Å². The minimum atomic E-state index is -0.517. The van der Waals surface area contributed by atoms with Crippen molar-refractivity contribution in [1.82, 2.24) is 9.88 Å². The highest BCUT2D eigenvalue weighted by Gasteiger charge is 2.23. The highest BCUT2D eigenvalue weighted by atomic mass is 35.5. The zero-order valence-corrected chi connectivity index (χ0v) is 19.2. The largest absolute Gasteiger partial charge is 0.493 e. The molecule has 0 aliphatic carbocycles.